The maximum atomic E-state index is 14.5. The fourth-order valence-electron chi connectivity index (χ4n) is 2.94. The van der Waals surface area contributed by atoms with Gasteiger partial charge in [-0.2, -0.15) is 0 Å². The molecule has 0 fully saturated rings. The zero-order valence-corrected chi connectivity index (χ0v) is 22.3. The van der Waals surface area contributed by atoms with Crippen LogP contribution in [0.4, 0.5) is 8.78 Å². The molecule has 0 atom stereocenters. The summed E-state index contributed by atoms with van der Waals surface area (Å²) in [7, 11) is 0. The minimum Gasteiger partial charge on any atom is -0.463 e. The molecule has 0 saturated heterocycles. The van der Waals surface area contributed by atoms with Crippen LogP contribution in [0.5, 0.6) is 11.5 Å². The summed E-state index contributed by atoms with van der Waals surface area (Å²) in [6.45, 7) is 9.60. The van der Waals surface area contributed by atoms with Crippen molar-refractivity contribution in [2.45, 2.75) is 32.1 Å². The predicted octanol–water partition coefficient (Wildman–Crippen LogP) is 5.78. The van der Waals surface area contributed by atoms with Crippen molar-refractivity contribution in [3.8, 4) is 11.5 Å². The highest BCUT2D eigenvalue weighted by Crippen LogP contribution is 2.30. The third-order valence-electron chi connectivity index (χ3n) is 4.68. The maximum absolute atomic E-state index is 14.5. The second kappa shape index (κ2) is 17.9. The summed E-state index contributed by atoms with van der Waals surface area (Å²) in [5.74, 6) is -2.52. The minimum atomic E-state index is -0.877. The highest BCUT2D eigenvalue weighted by atomic mass is 32.2. The van der Waals surface area contributed by atoms with Crippen molar-refractivity contribution in [2.24, 2.45) is 0 Å². The fraction of sp³-hybridized carbons (Fsp3) is 0.444. The third-order valence-corrected chi connectivity index (χ3v) is 5.53. The zero-order valence-electron chi connectivity index (χ0n) is 21.5. The van der Waals surface area contributed by atoms with E-state index in [1.165, 1.54) is 24.9 Å². The molecule has 2 aromatic rings. The average Bonchev–Trinajstić information content (AvgIpc) is 2.88. The number of nitrogens with one attached hydrogen (secondary N) is 1. The first-order valence-corrected chi connectivity index (χ1v) is 13.0. The van der Waals surface area contributed by atoms with E-state index in [4.69, 9.17) is 23.7 Å². The first-order chi connectivity index (χ1) is 17.9. The summed E-state index contributed by atoms with van der Waals surface area (Å²) >= 11 is 1.41. The van der Waals surface area contributed by atoms with Gasteiger partial charge in [0.1, 0.15) is 5.75 Å². The van der Waals surface area contributed by atoms with Gasteiger partial charge in [0.15, 0.2) is 17.4 Å². The van der Waals surface area contributed by atoms with E-state index < -0.39 is 23.4 Å². The minimum absolute atomic E-state index is 0.194. The number of carbonyl (C=O) groups excluding carboxylic acids is 1. The van der Waals surface area contributed by atoms with Gasteiger partial charge in [-0.15, -0.1) is 0 Å². The van der Waals surface area contributed by atoms with Gasteiger partial charge >= 0.3 is 5.97 Å². The van der Waals surface area contributed by atoms with Crippen molar-refractivity contribution in [1.29, 1.82) is 0 Å². The highest BCUT2D eigenvalue weighted by Gasteiger charge is 2.14. The first kappa shape index (κ1) is 30.7. The van der Waals surface area contributed by atoms with Crippen molar-refractivity contribution < 1.29 is 37.3 Å². The number of ether oxygens (including phenoxy) is 5. The Balaban J connectivity index is 1.73. The number of benzene rings is 2. The van der Waals surface area contributed by atoms with Crippen LogP contribution >= 0.6 is 11.9 Å². The van der Waals surface area contributed by atoms with Crippen molar-refractivity contribution in [3.63, 3.8) is 0 Å². The van der Waals surface area contributed by atoms with E-state index in [0.29, 0.717) is 39.6 Å². The van der Waals surface area contributed by atoms with Gasteiger partial charge in [0, 0.05) is 23.6 Å². The van der Waals surface area contributed by atoms with Crippen LogP contribution in [0.1, 0.15) is 32.8 Å². The Morgan fingerprint density at radius 2 is 1.51 bits per heavy atom. The number of rotatable bonds is 18. The lowest BCUT2D eigenvalue weighted by molar-refractivity contribution is -0.138. The molecule has 2 rings (SSSR count). The van der Waals surface area contributed by atoms with E-state index in [-0.39, 0.29) is 23.5 Å². The lowest BCUT2D eigenvalue weighted by Gasteiger charge is -2.10. The molecule has 0 bridgehead atoms. The molecule has 0 aliphatic heterocycles. The lowest BCUT2D eigenvalue weighted by atomic mass is 10.1. The molecule has 0 radical (unpaired) electrons. The number of carbonyl (C=O) groups is 1. The number of hydrogen-bond donors (Lipinski definition) is 1. The van der Waals surface area contributed by atoms with Crippen LogP contribution in [0.15, 0.2) is 46.9 Å². The van der Waals surface area contributed by atoms with Crippen LogP contribution in [0.25, 0.3) is 6.08 Å². The first-order valence-electron chi connectivity index (χ1n) is 12.2. The second-order valence-electron chi connectivity index (χ2n) is 7.77. The monoisotopic (exact) mass is 539 g/mol. The van der Waals surface area contributed by atoms with Gasteiger partial charge in [0.2, 0.25) is 0 Å². The normalized spacial score (nSPS) is 11.5. The van der Waals surface area contributed by atoms with Crippen LogP contribution in [0.2, 0.25) is 0 Å². The predicted molar refractivity (Wildman–Crippen MR) is 140 cm³/mol. The molecule has 0 aliphatic rings. The number of halogens is 2. The summed E-state index contributed by atoms with van der Waals surface area (Å²) < 4.78 is 58.8. The fourth-order valence-corrected chi connectivity index (χ4v) is 3.57. The van der Waals surface area contributed by atoms with Crippen molar-refractivity contribution in [1.82, 2.24) is 4.72 Å². The Hall–Kier alpha value is -2.50. The lowest BCUT2D eigenvalue weighted by Crippen LogP contribution is -2.15. The Bertz CT molecular complexity index is 964. The molecule has 2 aromatic carbocycles. The van der Waals surface area contributed by atoms with E-state index in [2.05, 4.69) is 11.6 Å². The molecule has 0 spiro atoms. The van der Waals surface area contributed by atoms with Gasteiger partial charge in [-0.3, -0.25) is 4.72 Å². The van der Waals surface area contributed by atoms with Crippen LogP contribution in [-0.4, -0.2) is 58.8 Å². The summed E-state index contributed by atoms with van der Waals surface area (Å²) in [5.41, 5.74) is 0.430. The van der Waals surface area contributed by atoms with Crippen molar-refractivity contribution in [3.05, 3.63) is 59.2 Å². The van der Waals surface area contributed by atoms with Gasteiger partial charge in [-0.05, 0) is 80.3 Å². The van der Waals surface area contributed by atoms with E-state index in [9.17, 15) is 13.6 Å². The van der Waals surface area contributed by atoms with Gasteiger partial charge in [0.05, 0.1) is 39.6 Å². The maximum Gasteiger partial charge on any atom is 0.333 e. The Morgan fingerprint density at radius 1 is 0.919 bits per heavy atom. The molecule has 1 N–H and O–H groups in total. The van der Waals surface area contributed by atoms with Gasteiger partial charge in [-0.1, -0.05) is 6.92 Å². The van der Waals surface area contributed by atoms with Crippen molar-refractivity contribution in [2.75, 3.05) is 52.8 Å². The third kappa shape index (κ3) is 12.1. The van der Waals surface area contributed by atoms with Crippen LogP contribution in [-0.2, 0) is 23.7 Å². The topological polar surface area (TPSA) is 75.3 Å². The van der Waals surface area contributed by atoms with Crippen LogP contribution < -0.4 is 9.46 Å². The van der Waals surface area contributed by atoms with Gasteiger partial charge in [-0.25, -0.2) is 13.6 Å². The number of hydrogen-bond acceptors (Lipinski definition) is 8. The van der Waals surface area contributed by atoms with E-state index in [1.807, 2.05) is 0 Å². The van der Waals surface area contributed by atoms with E-state index in [1.54, 1.807) is 31.2 Å². The second-order valence-corrected chi connectivity index (χ2v) is 8.73. The standard InChI is InChI=1S/C27H35F2NO6S/c1-4-11-32-13-15-34-16-14-33-12-10-30-37-23-8-6-22(7-9-23)36-26-24(28)18-21(19-25(26)29)17-20(3)27(31)35-5-2/h6-9,17-19,30H,4-5,10-16H2,1-3H3. The highest BCUT2D eigenvalue weighted by molar-refractivity contribution is 7.97. The van der Waals surface area contributed by atoms with Crippen LogP contribution in [0.3, 0.4) is 0 Å². The Morgan fingerprint density at radius 3 is 2.11 bits per heavy atom. The summed E-state index contributed by atoms with van der Waals surface area (Å²) in [5, 5.41) is 0. The van der Waals surface area contributed by atoms with Gasteiger partial charge < -0.3 is 23.7 Å². The molecule has 204 valence electrons. The quantitative estimate of drug-likeness (QED) is 0.111. The summed E-state index contributed by atoms with van der Waals surface area (Å²) in [6.07, 6.45) is 2.36. The SMILES string of the molecule is CCCOCCOCCOCCNSc1ccc(Oc2c(F)cc(C=C(C)C(=O)OCC)cc2F)cc1. The molecule has 0 unspecified atom stereocenters. The Labute approximate surface area is 221 Å². The smallest absolute Gasteiger partial charge is 0.333 e. The molecule has 0 amide bonds. The Kier molecular flexibility index (Phi) is 14.8. The van der Waals surface area contributed by atoms with Crippen LogP contribution in [0, 0.1) is 11.6 Å². The van der Waals surface area contributed by atoms with E-state index in [0.717, 1.165) is 30.1 Å². The average molecular weight is 540 g/mol. The molecule has 7 nitrogen and oxygen atoms in total. The zero-order chi connectivity index (χ0) is 26.9. The molecular formula is C27H35F2NO6S. The van der Waals surface area contributed by atoms with Gasteiger partial charge in [0.25, 0.3) is 0 Å². The molecular weight excluding hydrogens is 504 g/mol. The number of esters is 1. The molecule has 10 heteroatoms. The summed E-state index contributed by atoms with van der Waals surface area (Å²) in [6, 6.07) is 9.01. The molecule has 0 heterocycles. The molecule has 0 aliphatic carbocycles. The summed E-state index contributed by atoms with van der Waals surface area (Å²) in [4.78, 5) is 12.6. The molecule has 0 saturated carbocycles. The molecule has 37 heavy (non-hydrogen) atoms. The largest absolute Gasteiger partial charge is 0.463 e. The molecule has 0 aromatic heterocycles. The van der Waals surface area contributed by atoms with Crippen molar-refractivity contribution >= 4 is 24.0 Å². The van der Waals surface area contributed by atoms with E-state index >= 15 is 0 Å².